The Bertz CT molecular complexity index is 144. The third-order valence-corrected chi connectivity index (χ3v) is 3.06. The number of rotatable bonds is 1. The summed E-state index contributed by atoms with van der Waals surface area (Å²) in [6.07, 6.45) is 7.50. The molecule has 2 aliphatic rings. The van der Waals surface area contributed by atoms with Gasteiger partial charge in [-0.1, -0.05) is 12.8 Å². The van der Waals surface area contributed by atoms with Crippen molar-refractivity contribution in [2.24, 2.45) is 5.92 Å². The molecule has 2 rings (SSSR count). The van der Waals surface area contributed by atoms with Crippen LogP contribution in [0.2, 0.25) is 0 Å². The molecule has 1 heterocycles. The van der Waals surface area contributed by atoms with Crippen LogP contribution in [0.15, 0.2) is 0 Å². The average Bonchev–Trinajstić information content (AvgIpc) is 2.46. The number of hydrogen-bond donors (Lipinski definition) is 1. The first kappa shape index (κ1) is 7.29. The molecule has 1 saturated heterocycles. The van der Waals surface area contributed by atoms with Crippen molar-refractivity contribution < 1.29 is 4.79 Å². The van der Waals surface area contributed by atoms with E-state index in [0.29, 0.717) is 6.04 Å². The lowest BCUT2D eigenvalue weighted by Crippen LogP contribution is -2.33. The number of fused-ring (bicyclic) bond motifs is 1. The molecule has 2 nitrogen and oxygen atoms in total. The van der Waals surface area contributed by atoms with Gasteiger partial charge in [0.05, 0.1) is 6.04 Å². The van der Waals surface area contributed by atoms with Crippen LogP contribution >= 0.6 is 0 Å². The summed E-state index contributed by atoms with van der Waals surface area (Å²) < 4.78 is 0. The molecule has 3 atom stereocenters. The van der Waals surface area contributed by atoms with Crippen molar-refractivity contribution in [1.29, 1.82) is 0 Å². The van der Waals surface area contributed by atoms with E-state index in [1.54, 1.807) is 0 Å². The van der Waals surface area contributed by atoms with Gasteiger partial charge in [-0.3, -0.25) is 0 Å². The fourth-order valence-corrected chi connectivity index (χ4v) is 2.47. The van der Waals surface area contributed by atoms with Crippen LogP contribution in [-0.2, 0) is 4.79 Å². The van der Waals surface area contributed by atoms with Crippen LogP contribution in [0.1, 0.15) is 32.1 Å². The smallest absolute Gasteiger partial charge is 0.136 e. The molecule has 1 N–H and O–H groups in total. The van der Waals surface area contributed by atoms with E-state index in [4.69, 9.17) is 0 Å². The van der Waals surface area contributed by atoms with E-state index >= 15 is 0 Å². The average molecular weight is 153 g/mol. The van der Waals surface area contributed by atoms with Crippen LogP contribution in [0.3, 0.4) is 0 Å². The first-order valence-electron chi connectivity index (χ1n) is 4.61. The van der Waals surface area contributed by atoms with Crippen molar-refractivity contribution in [1.82, 2.24) is 5.32 Å². The minimum absolute atomic E-state index is 0.170. The highest BCUT2D eigenvalue weighted by Crippen LogP contribution is 2.32. The Morgan fingerprint density at radius 1 is 1.27 bits per heavy atom. The Morgan fingerprint density at radius 2 is 2.09 bits per heavy atom. The van der Waals surface area contributed by atoms with Crippen LogP contribution in [0, 0.1) is 5.92 Å². The molecule has 0 spiro atoms. The SMILES string of the molecule is O=C[C@@H]1CC2CCCCC2N1. The molecule has 62 valence electrons. The Kier molecular flexibility index (Phi) is 1.95. The van der Waals surface area contributed by atoms with Gasteiger partial charge in [-0.15, -0.1) is 0 Å². The summed E-state index contributed by atoms with van der Waals surface area (Å²) in [5, 5.41) is 3.37. The first-order chi connectivity index (χ1) is 5.40. The lowest BCUT2D eigenvalue weighted by Gasteiger charge is -2.24. The third kappa shape index (κ3) is 1.32. The quantitative estimate of drug-likeness (QED) is 0.572. The molecule has 1 aliphatic carbocycles. The van der Waals surface area contributed by atoms with Gasteiger partial charge in [-0.05, 0) is 25.2 Å². The van der Waals surface area contributed by atoms with E-state index in [9.17, 15) is 4.79 Å². The first-order valence-corrected chi connectivity index (χ1v) is 4.61. The Morgan fingerprint density at radius 3 is 2.82 bits per heavy atom. The van der Waals surface area contributed by atoms with Crippen molar-refractivity contribution in [2.45, 2.75) is 44.2 Å². The predicted molar refractivity (Wildman–Crippen MR) is 43.4 cm³/mol. The standard InChI is InChI=1S/C9H15NO/c11-6-8-5-7-3-1-2-4-9(7)10-8/h6-10H,1-5H2/t7?,8-,9?/m0/s1. The Labute approximate surface area is 67.4 Å². The van der Waals surface area contributed by atoms with Gasteiger partial charge in [0.25, 0.3) is 0 Å². The molecule has 2 unspecified atom stereocenters. The molecule has 0 aromatic heterocycles. The molecular formula is C9H15NO. The maximum absolute atomic E-state index is 10.5. The van der Waals surface area contributed by atoms with E-state index in [-0.39, 0.29) is 6.04 Å². The normalized spacial score (nSPS) is 43.5. The number of carbonyl (C=O) groups excluding carboxylic acids is 1. The van der Waals surface area contributed by atoms with Crippen LogP contribution in [0.25, 0.3) is 0 Å². The minimum atomic E-state index is 0.170. The fourth-order valence-electron chi connectivity index (χ4n) is 2.47. The van der Waals surface area contributed by atoms with E-state index in [2.05, 4.69) is 5.32 Å². The Balaban J connectivity index is 1.97. The maximum atomic E-state index is 10.5. The summed E-state index contributed by atoms with van der Waals surface area (Å²) in [4.78, 5) is 10.5. The molecule has 2 fully saturated rings. The monoisotopic (exact) mass is 153 g/mol. The highest BCUT2D eigenvalue weighted by Gasteiger charge is 2.34. The second kappa shape index (κ2) is 2.94. The van der Waals surface area contributed by atoms with Crippen LogP contribution in [0.4, 0.5) is 0 Å². The molecule has 0 amide bonds. The topological polar surface area (TPSA) is 29.1 Å². The zero-order chi connectivity index (χ0) is 7.68. The van der Waals surface area contributed by atoms with Crippen molar-refractivity contribution in [2.75, 3.05) is 0 Å². The Hall–Kier alpha value is -0.370. The highest BCUT2D eigenvalue weighted by molar-refractivity contribution is 5.58. The molecule has 0 aromatic carbocycles. The largest absolute Gasteiger partial charge is 0.305 e. The summed E-state index contributed by atoms with van der Waals surface area (Å²) in [6.45, 7) is 0. The molecule has 1 aliphatic heterocycles. The molecule has 1 saturated carbocycles. The number of hydrogen-bond acceptors (Lipinski definition) is 2. The predicted octanol–water partition coefficient (Wildman–Crippen LogP) is 1.11. The van der Waals surface area contributed by atoms with E-state index in [0.717, 1.165) is 18.6 Å². The van der Waals surface area contributed by atoms with E-state index < -0.39 is 0 Å². The number of carbonyl (C=O) groups is 1. The summed E-state index contributed by atoms with van der Waals surface area (Å²) in [6, 6.07) is 0.835. The maximum Gasteiger partial charge on any atom is 0.136 e. The summed E-state index contributed by atoms with van der Waals surface area (Å²) in [7, 11) is 0. The third-order valence-electron chi connectivity index (χ3n) is 3.06. The number of aldehydes is 1. The fraction of sp³-hybridized carbons (Fsp3) is 0.889. The van der Waals surface area contributed by atoms with Gasteiger partial charge in [-0.2, -0.15) is 0 Å². The summed E-state index contributed by atoms with van der Waals surface area (Å²) >= 11 is 0. The van der Waals surface area contributed by atoms with Gasteiger partial charge < -0.3 is 10.1 Å². The van der Waals surface area contributed by atoms with Crippen molar-refractivity contribution in [3.8, 4) is 0 Å². The number of nitrogens with one attached hydrogen (secondary N) is 1. The van der Waals surface area contributed by atoms with Crippen molar-refractivity contribution in [3.05, 3.63) is 0 Å². The highest BCUT2D eigenvalue weighted by atomic mass is 16.1. The van der Waals surface area contributed by atoms with E-state index in [1.807, 2.05) is 0 Å². The molecule has 0 aromatic rings. The molecule has 2 heteroatoms. The molecule has 0 bridgehead atoms. The van der Waals surface area contributed by atoms with Gasteiger partial charge in [0, 0.05) is 6.04 Å². The summed E-state index contributed by atoms with van der Waals surface area (Å²) in [5.74, 6) is 0.805. The van der Waals surface area contributed by atoms with Gasteiger partial charge in [-0.25, -0.2) is 0 Å². The van der Waals surface area contributed by atoms with Crippen molar-refractivity contribution >= 4 is 6.29 Å². The lowest BCUT2D eigenvalue weighted by atomic mass is 9.85. The molecular weight excluding hydrogens is 138 g/mol. The molecule has 11 heavy (non-hydrogen) atoms. The zero-order valence-electron chi connectivity index (χ0n) is 6.75. The van der Waals surface area contributed by atoms with Crippen molar-refractivity contribution in [3.63, 3.8) is 0 Å². The zero-order valence-corrected chi connectivity index (χ0v) is 6.75. The van der Waals surface area contributed by atoms with Gasteiger partial charge >= 0.3 is 0 Å². The van der Waals surface area contributed by atoms with Crippen LogP contribution in [0.5, 0.6) is 0 Å². The molecule has 0 radical (unpaired) electrons. The van der Waals surface area contributed by atoms with E-state index in [1.165, 1.54) is 25.7 Å². The van der Waals surface area contributed by atoms with Crippen LogP contribution in [-0.4, -0.2) is 18.4 Å². The lowest BCUT2D eigenvalue weighted by molar-refractivity contribution is -0.109. The second-order valence-corrected chi connectivity index (χ2v) is 3.80. The minimum Gasteiger partial charge on any atom is -0.305 e. The summed E-state index contributed by atoms with van der Waals surface area (Å²) in [5.41, 5.74) is 0. The van der Waals surface area contributed by atoms with Crippen LogP contribution < -0.4 is 5.32 Å². The van der Waals surface area contributed by atoms with Gasteiger partial charge in [0.15, 0.2) is 0 Å². The van der Waals surface area contributed by atoms with Gasteiger partial charge in [0.1, 0.15) is 6.29 Å². The van der Waals surface area contributed by atoms with Gasteiger partial charge in [0.2, 0.25) is 0 Å². The second-order valence-electron chi connectivity index (χ2n) is 3.80.